The van der Waals surface area contributed by atoms with Crippen molar-refractivity contribution < 1.29 is 0 Å². The predicted molar refractivity (Wildman–Crippen MR) is 214 cm³/mol. The van der Waals surface area contributed by atoms with Crippen molar-refractivity contribution in [3.8, 4) is 0 Å². The van der Waals surface area contributed by atoms with Crippen molar-refractivity contribution in [2.45, 2.75) is 0 Å². The summed E-state index contributed by atoms with van der Waals surface area (Å²) in [6, 6.07) is 49.6. The molecule has 0 aromatic heterocycles. The highest BCUT2D eigenvalue weighted by molar-refractivity contribution is 6.86. The van der Waals surface area contributed by atoms with E-state index in [1.54, 1.807) is 37.5 Å². The van der Waals surface area contributed by atoms with Gasteiger partial charge < -0.3 is 0 Å². The molecule has 0 aliphatic heterocycles. The SMILES string of the molecule is CN(N=C(C(/C=N/N(C)c1ccccc1)=N/N(C)c1ccccc1)C(/C=N/N(C)c1ccccc1)=N/N(C)c1ccccc1)c1ccccc1. The number of anilines is 5. The third kappa shape index (κ3) is 9.74. The molecule has 0 atom stereocenters. The van der Waals surface area contributed by atoms with Crippen LogP contribution >= 0.6 is 0 Å². The van der Waals surface area contributed by atoms with E-state index in [4.69, 9.17) is 25.5 Å². The minimum atomic E-state index is 0.442. The molecule has 0 N–H and O–H groups in total. The van der Waals surface area contributed by atoms with E-state index in [1.807, 2.05) is 187 Å². The summed E-state index contributed by atoms with van der Waals surface area (Å²) in [5.74, 6) is 0. The van der Waals surface area contributed by atoms with E-state index in [0.717, 1.165) is 28.4 Å². The molecular weight excluding hydrogens is 621 g/mol. The Labute approximate surface area is 294 Å². The van der Waals surface area contributed by atoms with E-state index < -0.39 is 0 Å². The number of hydrogen-bond acceptors (Lipinski definition) is 10. The molecule has 5 rings (SSSR count). The number of hydrazone groups is 5. The molecule has 5 aromatic carbocycles. The van der Waals surface area contributed by atoms with Crippen molar-refractivity contribution >= 4 is 58.0 Å². The van der Waals surface area contributed by atoms with Crippen LogP contribution < -0.4 is 25.0 Å². The van der Waals surface area contributed by atoms with Gasteiger partial charge in [0.05, 0.1) is 40.9 Å². The molecule has 0 fully saturated rings. The molecule has 0 aliphatic carbocycles. The van der Waals surface area contributed by atoms with Crippen molar-refractivity contribution in [1.82, 2.24) is 0 Å². The molecule has 0 spiro atoms. The molecule has 0 radical (unpaired) electrons. The fourth-order valence-corrected chi connectivity index (χ4v) is 4.78. The monoisotopic (exact) mass is 662 g/mol. The van der Waals surface area contributed by atoms with Gasteiger partial charge in [-0.05, 0) is 60.7 Å². The first-order valence-electron chi connectivity index (χ1n) is 16.2. The lowest BCUT2D eigenvalue weighted by Gasteiger charge is -2.21. The van der Waals surface area contributed by atoms with Crippen LogP contribution in [0.4, 0.5) is 28.4 Å². The lowest BCUT2D eigenvalue weighted by Crippen LogP contribution is -2.34. The predicted octanol–water partition coefficient (Wildman–Crippen LogP) is 7.71. The fraction of sp³-hybridized carbons (Fsp3) is 0.125. The van der Waals surface area contributed by atoms with Gasteiger partial charge in [0, 0.05) is 35.2 Å². The summed E-state index contributed by atoms with van der Waals surface area (Å²) >= 11 is 0. The first kappa shape index (κ1) is 34.8. The normalized spacial score (nSPS) is 11.8. The number of para-hydroxylation sites is 5. The van der Waals surface area contributed by atoms with Crippen LogP contribution in [0, 0.1) is 0 Å². The number of rotatable bonds is 14. The van der Waals surface area contributed by atoms with Crippen molar-refractivity contribution in [3.05, 3.63) is 152 Å². The highest BCUT2D eigenvalue weighted by Gasteiger charge is 2.20. The lowest BCUT2D eigenvalue weighted by atomic mass is 10.1. The van der Waals surface area contributed by atoms with E-state index in [-0.39, 0.29) is 0 Å². The second kappa shape index (κ2) is 17.6. The molecule has 10 nitrogen and oxygen atoms in total. The Hall–Kier alpha value is -6.55. The summed E-state index contributed by atoms with van der Waals surface area (Å²) in [6.45, 7) is 0. The molecule has 0 aliphatic rings. The van der Waals surface area contributed by atoms with Crippen molar-refractivity contribution in [2.24, 2.45) is 25.5 Å². The first-order valence-corrected chi connectivity index (χ1v) is 16.2. The molecule has 0 saturated carbocycles. The van der Waals surface area contributed by atoms with Gasteiger partial charge in [-0.15, -0.1) is 0 Å². The molecule has 10 heteroatoms. The van der Waals surface area contributed by atoms with Crippen LogP contribution in [0.1, 0.15) is 0 Å². The number of nitrogens with zero attached hydrogens (tertiary/aromatic N) is 10. The summed E-state index contributed by atoms with van der Waals surface area (Å²) in [5, 5.41) is 34.0. The zero-order valence-electron chi connectivity index (χ0n) is 29.1. The average molecular weight is 663 g/mol. The Morgan fingerprint density at radius 3 is 0.860 bits per heavy atom. The van der Waals surface area contributed by atoms with E-state index in [1.165, 1.54) is 0 Å². The second-order valence-electron chi connectivity index (χ2n) is 11.2. The molecule has 50 heavy (non-hydrogen) atoms. The highest BCUT2D eigenvalue weighted by atomic mass is 15.5. The Morgan fingerprint density at radius 1 is 0.340 bits per heavy atom. The van der Waals surface area contributed by atoms with Crippen LogP contribution in [-0.4, -0.2) is 64.8 Å². The summed E-state index contributed by atoms with van der Waals surface area (Å²) < 4.78 is 0. The van der Waals surface area contributed by atoms with Gasteiger partial charge in [0.2, 0.25) is 0 Å². The standard InChI is InChI=1S/C40H42N10/c1-46(33-21-11-6-12-22-33)41-31-38(43-48(3)35-25-15-8-16-26-35)40(45-50(5)37-29-19-10-20-30-37)39(44-49(4)36-27-17-9-18-28-36)32-42-47(2)34-23-13-7-14-24-34/h6-32H,1-5H3/b41-31+,42-32+,43-38+,44-39+. The topological polar surface area (TPSA) is 78.0 Å². The van der Waals surface area contributed by atoms with Gasteiger partial charge in [0.25, 0.3) is 0 Å². The molecular formula is C40H42N10. The quantitative estimate of drug-likeness (QED) is 0.0900. The molecule has 0 unspecified atom stereocenters. The lowest BCUT2D eigenvalue weighted by molar-refractivity contribution is 1.00. The number of hydrogen-bond donors (Lipinski definition) is 0. The largest absolute Gasteiger partial charge is 0.269 e. The summed E-state index contributed by atoms with van der Waals surface area (Å²) in [7, 11) is 9.48. The fourth-order valence-electron chi connectivity index (χ4n) is 4.78. The van der Waals surface area contributed by atoms with Crippen molar-refractivity contribution in [1.29, 1.82) is 0 Å². The smallest absolute Gasteiger partial charge is 0.142 e. The molecule has 252 valence electrons. The van der Waals surface area contributed by atoms with Crippen LogP contribution in [0.5, 0.6) is 0 Å². The maximum Gasteiger partial charge on any atom is 0.142 e. The minimum absolute atomic E-state index is 0.442. The molecule has 0 amide bonds. The Kier molecular flexibility index (Phi) is 12.2. The first-order chi connectivity index (χ1) is 24.4. The summed E-state index contributed by atoms with van der Waals surface area (Å²) in [5.41, 5.74) is 5.86. The van der Waals surface area contributed by atoms with E-state index in [2.05, 4.69) is 0 Å². The van der Waals surface area contributed by atoms with Crippen LogP contribution in [0.2, 0.25) is 0 Å². The van der Waals surface area contributed by atoms with Crippen molar-refractivity contribution in [2.75, 3.05) is 60.3 Å². The van der Waals surface area contributed by atoms with E-state index in [0.29, 0.717) is 17.1 Å². The van der Waals surface area contributed by atoms with Gasteiger partial charge in [-0.25, -0.2) is 0 Å². The zero-order valence-corrected chi connectivity index (χ0v) is 29.1. The van der Waals surface area contributed by atoms with E-state index >= 15 is 0 Å². The van der Waals surface area contributed by atoms with Crippen LogP contribution in [0.15, 0.2) is 177 Å². The second-order valence-corrected chi connectivity index (χ2v) is 11.2. The summed E-state index contributed by atoms with van der Waals surface area (Å²) in [4.78, 5) is 0. The third-order valence-corrected chi connectivity index (χ3v) is 7.61. The van der Waals surface area contributed by atoms with Gasteiger partial charge >= 0.3 is 0 Å². The maximum atomic E-state index is 5.16. The van der Waals surface area contributed by atoms with Gasteiger partial charge in [-0.2, -0.15) is 25.5 Å². The number of benzene rings is 5. The van der Waals surface area contributed by atoms with Crippen LogP contribution in [0.3, 0.4) is 0 Å². The Balaban J connectivity index is 1.70. The molecule has 0 saturated heterocycles. The van der Waals surface area contributed by atoms with Crippen LogP contribution in [0.25, 0.3) is 0 Å². The summed E-state index contributed by atoms with van der Waals surface area (Å²) in [6.07, 6.45) is 3.41. The Bertz CT molecular complexity index is 1790. The maximum absolute atomic E-state index is 5.16. The van der Waals surface area contributed by atoms with Gasteiger partial charge in [0.15, 0.2) is 0 Å². The molecule has 5 aromatic rings. The Morgan fingerprint density at radius 2 is 0.580 bits per heavy atom. The molecule has 0 heterocycles. The zero-order chi connectivity index (χ0) is 35.1. The van der Waals surface area contributed by atoms with Crippen LogP contribution in [-0.2, 0) is 0 Å². The minimum Gasteiger partial charge on any atom is -0.269 e. The van der Waals surface area contributed by atoms with E-state index in [9.17, 15) is 0 Å². The van der Waals surface area contributed by atoms with Crippen molar-refractivity contribution in [3.63, 3.8) is 0 Å². The highest BCUT2D eigenvalue weighted by Crippen LogP contribution is 2.17. The van der Waals surface area contributed by atoms with Gasteiger partial charge in [-0.3, -0.25) is 25.0 Å². The van der Waals surface area contributed by atoms with Gasteiger partial charge in [0.1, 0.15) is 17.1 Å². The third-order valence-electron chi connectivity index (χ3n) is 7.61. The molecule has 0 bridgehead atoms. The average Bonchev–Trinajstić information content (AvgIpc) is 3.18. The van der Waals surface area contributed by atoms with Gasteiger partial charge in [-0.1, -0.05) is 91.0 Å².